The highest BCUT2D eigenvalue weighted by Crippen LogP contribution is 2.41. The first-order valence-electron chi connectivity index (χ1n) is 5.86. The van der Waals surface area contributed by atoms with Crippen molar-refractivity contribution in [1.29, 1.82) is 0 Å². The lowest BCUT2D eigenvalue weighted by Gasteiger charge is -2.32. The Balaban J connectivity index is 2.02. The maximum atomic E-state index is 6.00. The minimum absolute atomic E-state index is 0.0877. The Hall–Kier alpha value is -0.0551. The van der Waals surface area contributed by atoms with Gasteiger partial charge in [-0.3, -0.25) is 0 Å². The molecule has 3 nitrogen and oxygen atoms in total. The molecular formula is C11H21BO3. The van der Waals surface area contributed by atoms with Crippen LogP contribution in [0.4, 0.5) is 0 Å². The summed E-state index contributed by atoms with van der Waals surface area (Å²) in [5, 5.41) is 0. The van der Waals surface area contributed by atoms with E-state index in [1.807, 2.05) is 0 Å². The molecule has 2 aliphatic heterocycles. The fourth-order valence-electron chi connectivity index (χ4n) is 2.06. The lowest BCUT2D eigenvalue weighted by molar-refractivity contribution is 0.00578. The first kappa shape index (κ1) is 11.4. The van der Waals surface area contributed by atoms with Crippen LogP contribution in [0.3, 0.4) is 0 Å². The van der Waals surface area contributed by atoms with Gasteiger partial charge in [-0.1, -0.05) is 0 Å². The summed E-state index contributed by atoms with van der Waals surface area (Å²) >= 11 is 0. The monoisotopic (exact) mass is 212 g/mol. The fourth-order valence-corrected chi connectivity index (χ4v) is 2.06. The number of ether oxygens (including phenoxy) is 1. The molecule has 0 radical (unpaired) electrons. The molecule has 2 fully saturated rings. The molecule has 0 aromatic rings. The van der Waals surface area contributed by atoms with Crippen molar-refractivity contribution < 1.29 is 14.0 Å². The highest BCUT2D eigenvalue weighted by molar-refractivity contribution is 6.47. The van der Waals surface area contributed by atoms with Crippen LogP contribution < -0.4 is 0 Å². The lowest BCUT2D eigenvalue weighted by atomic mass is 9.69. The zero-order chi connectivity index (χ0) is 11.1. The average molecular weight is 212 g/mol. The van der Waals surface area contributed by atoms with Crippen molar-refractivity contribution in [2.45, 2.75) is 57.6 Å². The number of hydrogen-bond acceptors (Lipinski definition) is 3. The van der Waals surface area contributed by atoms with Crippen LogP contribution in [0.1, 0.15) is 40.5 Å². The molecule has 0 bridgehead atoms. The van der Waals surface area contributed by atoms with Crippen LogP contribution in [-0.2, 0) is 14.0 Å². The maximum absolute atomic E-state index is 6.00. The minimum atomic E-state index is -0.213. The second-order valence-corrected chi connectivity index (χ2v) is 5.60. The zero-order valence-electron chi connectivity index (χ0n) is 10.2. The first-order valence-corrected chi connectivity index (χ1v) is 5.86. The molecule has 2 rings (SSSR count). The van der Waals surface area contributed by atoms with E-state index in [0.717, 1.165) is 26.1 Å². The number of rotatable bonds is 1. The minimum Gasteiger partial charge on any atom is -0.403 e. The molecule has 4 heteroatoms. The summed E-state index contributed by atoms with van der Waals surface area (Å²) < 4.78 is 17.5. The van der Waals surface area contributed by atoms with Crippen LogP contribution in [0, 0.1) is 0 Å². The van der Waals surface area contributed by atoms with Gasteiger partial charge in [-0.25, -0.2) is 0 Å². The standard InChI is InChI=1S/C11H21BO3/c1-10(2)11(3,4)15-12(14-10)9-6-5-7-13-8-9/h9H,5-8H2,1-4H3. The first-order chi connectivity index (χ1) is 6.92. The van der Waals surface area contributed by atoms with E-state index in [2.05, 4.69) is 27.7 Å². The van der Waals surface area contributed by atoms with Crippen LogP contribution >= 0.6 is 0 Å². The predicted molar refractivity (Wildman–Crippen MR) is 59.9 cm³/mol. The van der Waals surface area contributed by atoms with Gasteiger partial charge in [0, 0.05) is 19.0 Å². The summed E-state index contributed by atoms with van der Waals surface area (Å²) in [7, 11) is -0.0877. The molecule has 1 atom stereocenters. The molecule has 86 valence electrons. The lowest BCUT2D eigenvalue weighted by Crippen LogP contribution is -2.41. The van der Waals surface area contributed by atoms with Crippen molar-refractivity contribution in [2.75, 3.05) is 13.2 Å². The van der Waals surface area contributed by atoms with Gasteiger partial charge in [0.25, 0.3) is 0 Å². The molecule has 0 N–H and O–H groups in total. The van der Waals surface area contributed by atoms with E-state index in [4.69, 9.17) is 14.0 Å². The summed E-state index contributed by atoms with van der Waals surface area (Å²) in [5.74, 6) is 0.403. The van der Waals surface area contributed by atoms with Gasteiger partial charge in [-0.05, 0) is 40.5 Å². The van der Waals surface area contributed by atoms with E-state index in [0.29, 0.717) is 5.82 Å². The van der Waals surface area contributed by atoms with E-state index in [9.17, 15) is 0 Å². The van der Waals surface area contributed by atoms with E-state index in [1.165, 1.54) is 0 Å². The Bertz CT molecular complexity index is 218. The quantitative estimate of drug-likeness (QED) is 0.624. The molecule has 2 heterocycles. The molecule has 0 aromatic heterocycles. The van der Waals surface area contributed by atoms with Crippen LogP contribution in [0.25, 0.3) is 0 Å². The third-order valence-electron chi connectivity index (χ3n) is 3.85. The summed E-state index contributed by atoms with van der Waals surface area (Å²) in [4.78, 5) is 0. The highest BCUT2D eigenvalue weighted by Gasteiger charge is 2.53. The average Bonchev–Trinajstić information content (AvgIpc) is 2.38. The third-order valence-corrected chi connectivity index (χ3v) is 3.85. The van der Waals surface area contributed by atoms with Gasteiger partial charge in [-0.2, -0.15) is 0 Å². The molecule has 0 aromatic carbocycles. The number of hydrogen-bond donors (Lipinski definition) is 0. The molecular weight excluding hydrogens is 191 g/mol. The Morgan fingerprint density at radius 1 is 1.07 bits per heavy atom. The second kappa shape index (κ2) is 3.76. The zero-order valence-corrected chi connectivity index (χ0v) is 10.2. The molecule has 2 aliphatic rings. The van der Waals surface area contributed by atoms with Gasteiger partial charge in [0.15, 0.2) is 0 Å². The van der Waals surface area contributed by atoms with Crippen LogP contribution in [-0.4, -0.2) is 31.5 Å². The molecule has 0 aliphatic carbocycles. The molecule has 0 amide bonds. The molecule has 15 heavy (non-hydrogen) atoms. The van der Waals surface area contributed by atoms with E-state index in [1.54, 1.807) is 0 Å². The maximum Gasteiger partial charge on any atom is 0.463 e. The van der Waals surface area contributed by atoms with Gasteiger partial charge in [0.2, 0.25) is 0 Å². The van der Waals surface area contributed by atoms with Crippen molar-refractivity contribution in [1.82, 2.24) is 0 Å². The summed E-state index contributed by atoms with van der Waals surface area (Å²) in [5.41, 5.74) is -0.426. The Morgan fingerprint density at radius 3 is 2.13 bits per heavy atom. The normalized spacial score (nSPS) is 34.4. The van der Waals surface area contributed by atoms with Crippen molar-refractivity contribution in [3.63, 3.8) is 0 Å². The summed E-state index contributed by atoms with van der Waals surface area (Å²) in [6.07, 6.45) is 2.27. The molecule has 0 spiro atoms. The van der Waals surface area contributed by atoms with Gasteiger partial charge in [0.05, 0.1) is 11.2 Å². The van der Waals surface area contributed by atoms with Crippen molar-refractivity contribution in [2.24, 2.45) is 0 Å². The largest absolute Gasteiger partial charge is 0.463 e. The summed E-state index contributed by atoms with van der Waals surface area (Å²) in [6, 6.07) is 0. The topological polar surface area (TPSA) is 27.7 Å². The Kier molecular flexibility index (Phi) is 2.86. The molecule has 0 saturated carbocycles. The van der Waals surface area contributed by atoms with E-state index >= 15 is 0 Å². The Morgan fingerprint density at radius 2 is 1.67 bits per heavy atom. The van der Waals surface area contributed by atoms with Gasteiger partial charge in [-0.15, -0.1) is 0 Å². The smallest absolute Gasteiger partial charge is 0.403 e. The second-order valence-electron chi connectivity index (χ2n) is 5.60. The molecule has 1 unspecified atom stereocenters. The van der Waals surface area contributed by atoms with Gasteiger partial charge < -0.3 is 14.0 Å². The van der Waals surface area contributed by atoms with E-state index < -0.39 is 0 Å². The van der Waals surface area contributed by atoms with Crippen LogP contribution in [0.15, 0.2) is 0 Å². The van der Waals surface area contributed by atoms with Gasteiger partial charge >= 0.3 is 7.12 Å². The van der Waals surface area contributed by atoms with E-state index in [-0.39, 0.29) is 18.3 Å². The van der Waals surface area contributed by atoms with Crippen LogP contribution in [0.5, 0.6) is 0 Å². The highest BCUT2D eigenvalue weighted by atomic mass is 16.7. The van der Waals surface area contributed by atoms with Crippen LogP contribution in [0.2, 0.25) is 5.82 Å². The summed E-state index contributed by atoms with van der Waals surface area (Å²) in [6.45, 7) is 10.0. The fraction of sp³-hybridized carbons (Fsp3) is 1.00. The van der Waals surface area contributed by atoms with Gasteiger partial charge in [0.1, 0.15) is 0 Å². The van der Waals surface area contributed by atoms with Crippen molar-refractivity contribution >= 4 is 7.12 Å². The van der Waals surface area contributed by atoms with Crippen molar-refractivity contribution in [3.05, 3.63) is 0 Å². The third kappa shape index (κ3) is 2.08. The van der Waals surface area contributed by atoms with Crippen molar-refractivity contribution in [3.8, 4) is 0 Å². The predicted octanol–water partition coefficient (Wildman–Crippen LogP) is 2.26. The molecule has 2 saturated heterocycles. The Labute approximate surface area is 92.6 Å². The SMILES string of the molecule is CC1(C)OB(C2CCCOC2)OC1(C)C.